The highest BCUT2D eigenvalue weighted by Crippen LogP contribution is 2.20. The van der Waals surface area contributed by atoms with Gasteiger partial charge in [-0.1, -0.05) is 18.2 Å². The maximum absolute atomic E-state index is 4.42. The molecule has 0 amide bonds. The summed E-state index contributed by atoms with van der Waals surface area (Å²) in [6.07, 6.45) is 8.32. The number of benzene rings is 1. The number of imidazole rings is 1. The normalized spacial score (nSPS) is 14.5. The fraction of sp³-hybridized carbons (Fsp3) is 0.250. The van der Waals surface area contributed by atoms with Gasteiger partial charge >= 0.3 is 0 Å². The van der Waals surface area contributed by atoms with Crippen LogP contribution in [0.4, 0.5) is 0 Å². The van der Waals surface area contributed by atoms with Gasteiger partial charge in [-0.15, -0.1) is 0 Å². The minimum Gasteiger partial charge on any atom is -0.341 e. The van der Waals surface area contributed by atoms with Crippen LogP contribution in [-0.4, -0.2) is 25.8 Å². The van der Waals surface area contributed by atoms with E-state index in [1.165, 1.54) is 12.8 Å². The van der Waals surface area contributed by atoms with Crippen LogP contribution in [0.15, 0.2) is 48.9 Å². The van der Waals surface area contributed by atoms with E-state index in [0.717, 1.165) is 29.3 Å². The van der Waals surface area contributed by atoms with Gasteiger partial charge in [-0.3, -0.25) is 0 Å². The number of aromatic nitrogens is 4. The summed E-state index contributed by atoms with van der Waals surface area (Å²) in [5, 5.41) is 7.86. The van der Waals surface area contributed by atoms with Gasteiger partial charge in [-0.2, -0.15) is 5.10 Å². The Kier molecular flexibility index (Phi) is 3.05. The number of hydrogen-bond acceptors (Lipinski definition) is 3. The molecule has 3 aromatic rings. The number of nitrogens with zero attached hydrogens (tertiary/aromatic N) is 3. The molecule has 1 fully saturated rings. The van der Waals surface area contributed by atoms with Crippen LogP contribution in [0.1, 0.15) is 18.7 Å². The van der Waals surface area contributed by atoms with Crippen molar-refractivity contribution in [2.24, 2.45) is 0 Å². The Balaban J connectivity index is 1.52. The molecule has 5 heteroatoms. The van der Waals surface area contributed by atoms with Crippen molar-refractivity contribution < 1.29 is 0 Å². The number of rotatable bonds is 5. The Hall–Kier alpha value is -2.40. The van der Waals surface area contributed by atoms with E-state index in [0.29, 0.717) is 6.04 Å². The van der Waals surface area contributed by atoms with E-state index in [4.69, 9.17) is 0 Å². The Morgan fingerprint density at radius 1 is 1.19 bits per heavy atom. The highest BCUT2D eigenvalue weighted by Gasteiger charge is 2.20. The molecule has 2 N–H and O–H groups in total. The molecule has 2 aromatic heterocycles. The van der Waals surface area contributed by atoms with Crippen LogP contribution < -0.4 is 5.32 Å². The van der Waals surface area contributed by atoms with Crippen molar-refractivity contribution in [1.29, 1.82) is 0 Å². The maximum Gasteiger partial charge on any atom is 0.120 e. The average molecular weight is 279 g/mol. The largest absolute Gasteiger partial charge is 0.341 e. The Morgan fingerprint density at radius 2 is 2.05 bits per heavy atom. The first-order valence-electron chi connectivity index (χ1n) is 7.26. The molecule has 2 heterocycles. The SMILES string of the molecule is c1ccc(-n2cc(-c3cnc(CNC4CC4)[nH]3)cn2)cc1. The molecule has 0 radical (unpaired) electrons. The van der Waals surface area contributed by atoms with Crippen LogP contribution in [0, 0.1) is 0 Å². The molecule has 1 aromatic carbocycles. The van der Waals surface area contributed by atoms with E-state index >= 15 is 0 Å². The minimum absolute atomic E-state index is 0.694. The van der Waals surface area contributed by atoms with Crippen molar-refractivity contribution >= 4 is 0 Å². The summed E-state index contributed by atoms with van der Waals surface area (Å²) in [4.78, 5) is 7.77. The molecule has 1 aliphatic rings. The van der Waals surface area contributed by atoms with Gasteiger partial charge in [0.25, 0.3) is 0 Å². The van der Waals surface area contributed by atoms with Gasteiger partial charge in [0.15, 0.2) is 0 Å². The van der Waals surface area contributed by atoms with Crippen LogP contribution >= 0.6 is 0 Å². The third-order valence-electron chi connectivity index (χ3n) is 3.68. The van der Waals surface area contributed by atoms with Crippen LogP contribution in [0.5, 0.6) is 0 Å². The fourth-order valence-corrected chi connectivity index (χ4v) is 2.31. The number of para-hydroxylation sites is 1. The molecule has 106 valence electrons. The molecule has 21 heavy (non-hydrogen) atoms. The summed E-state index contributed by atoms with van der Waals surface area (Å²) in [5.74, 6) is 0.976. The van der Waals surface area contributed by atoms with E-state index in [2.05, 4.69) is 20.4 Å². The van der Waals surface area contributed by atoms with Gasteiger partial charge in [0.2, 0.25) is 0 Å². The molecular weight excluding hydrogens is 262 g/mol. The first kappa shape index (κ1) is 12.3. The predicted molar refractivity (Wildman–Crippen MR) is 81.0 cm³/mol. The first-order chi connectivity index (χ1) is 10.4. The van der Waals surface area contributed by atoms with Crippen molar-refractivity contribution in [3.05, 3.63) is 54.7 Å². The Morgan fingerprint density at radius 3 is 2.86 bits per heavy atom. The van der Waals surface area contributed by atoms with Gasteiger partial charge < -0.3 is 10.3 Å². The van der Waals surface area contributed by atoms with Crippen LogP contribution in [0.2, 0.25) is 0 Å². The zero-order valence-corrected chi connectivity index (χ0v) is 11.7. The molecule has 1 aliphatic carbocycles. The molecule has 5 nitrogen and oxygen atoms in total. The molecule has 0 saturated heterocycles. The van der Waals surface area contributed by atoms with Crippen molar-refractivity contribution in [2.75, 3.05) is 0 Å². The summed E-state index contributed by atoms with van der Waals surface area (Å²) >= 11 is 0. The Labute approximate surface area is 123 Å². The zero-order valence-electron chi connectivity index (χ0n) is 11.7. The second kappa shape index (κ2) is 5.18. The van der Waals surface area contributed by atoms with Crippen LogP contribution in [-0.2, 0) is 6.54 Å². The van der Waals surface area contributed by atoms with Gasteiger partial charge in [0.1, 0.15) is 5.82 Å². The molecule has 0 aliphatic heterocycles. The summed E-state index contributed by atoms with van der Waals surface area (Å²) in [7, 11) is 0. The summed E-state index contributed by atoms with van der Waals surface area (Å²) in [5.41, 5.74) is 3.10. The number of hydrogen-bond donors (Lipinski definition) is 2. The number of nitrogens with one attached hydrogen (secondary N) is 2. The minimum atomic E-state index is 0.694. The second-order valence-electron chi connectivity index (χ2n) is 5.41. The summed E-state index contributed by atoms with van der Waals surface area (Å²) in [6, 6.07) is 10.8. The zero-order chi connectivity index (χ0) is 14.1. The van der Waals surface area contributed by atoms with Crippen molar-refractivity contribution in [1.82, 2.24) is 25.1 Å². The highest BCUT2D eigenvalue weighted by atomic mass is 15.3. The molecule has 0 spiro atoms. The lowest BCUT2D eigenvalue weighted by molar-refractivity contribution is 0.664. The topological polar surface area (TPSA) is 58.5 Å². The van der Waals surface area contributed by atoms with Crippen LogP contribution in [0.25, 0.3) is 16.9 Å². The molecular formula is C16H17N5. The first-order valence-corrected chi connectivity index (χ1v) is 7.26. The third-order valence-corrected chi connectivity index (χ3v) is 3.68. The fourth-order valence-electron chi connectivity index (χ4n) is 2.31. The lowest BCUT2D eigenvalue weighted by atomic mass is 10.3. The van der Waals surface area contributed by atoms with Gasteiger partial charge in [0, 0.05) is 17.8 Å². The predicted octanol–water partition coefficient (Wildman–Crippen LogP) is 2.51. The molecule has 4 rings (SSSR count). The van der Waals surface area contributed by atoms with E-state index < -0.39 is 0 Å². The standard InChI is InChI=1S/C16H17N5/c1-2-4-14(5-3-1)21-11-12(8-19-21)15-9-18-16(20-15)10-17-13-6-7-13/h1-5,8-9,11,13,17H,6-7,10H2,(H,18,20). The van der Waals surface area contributed by atoms with Gasteiger partial charge in [0.05, 0.1) is 30.3 Å². The third kappa shape index (κ3) is 2.73. The van der Waals surface area contributed by atoms with Gasteiger partial charge in [-0.25, -0.2) is 9.67 Å². The quantitative estimate of drug-likeness (QED) is 0.754. The Bertz CT molecular complexity index is 724. The number of aromatic amines is 1. The second-order valence-corrected chi connectivity index (χ2v) is 5.41. The summed E-state index contributed by atoms with van der Waals surface area (Å²) < 4.78 is 1.87. The van der Waals surface area contributed by atoms with E-state index in [1.807, 2.05) is 53.6 Å². The molecule has 1 saturated carbocycles. The lowest BCUT2D eigenvalue weighted by Crippen LogP contribution is -2.16. The average Bonchev–Trinajstić information content (AvgIpc) is 3.03. The molecule has 0 unspecified atom stereocenters. The van der Waals surface area contributed by atoms with Crippen molar-refractivity contribution in [3.63, 3.8) is 0 Å². The number of H-pyrrole nitrogens is 1. The van der Waals surface area contributed by atoms with Crippen molar-refractivity contribution in [3.8, 4) is 16.9 Å². The summed E-state index contributed by atoms with van der Waals surface area (Å²) in [6.45, 7) is 0.803. The highest BCUT2D eigenvalue weighted by molar-refractivity contribution is 5.57. The van der Waals surface area contributed by atoms with Crippen molar-refractivity contribution in [2.45, 2.75) is 25.4 Å². The van der Waals surface area contributed by atoms with E-state index in [-0.39, 0.29) is 0 Å². The van der Waals surface area contributed by atoms with Gasteiger partial charge in [-0.05, 0) is 25.0 Å². The monoisotopic (exact) mass is 279 g/mol. The maximum atomic E-state index is 4.42. The van der Waals surface area contributed by atoms with Crippen LogP contribution in [0.3, 0.4) is 0 Å². The lowest BCUT2D eigenvalue weighted by Gasteiger charge is -1.99. The molecule has 0 bridgehead atoms. The smallest absolute Gasteiger partial charge is 0.120 e. The van der Waals surface area contributed by atoms with E-state index in [9.17, 15) is 0 Å². The molecule has 0 atom stereocenters. The van der Waals surface area contributed by atoms with E-state index in [1.54, 1.807) is 0 Å².